The van der Waals surface area contributed by atoms with Gasteiger partial charge in [0, 0.05) is 5.41 Å². The molecule has 1 aliphatic rings. The molecule has 4 nitrogen and oxygen atoms in total. The number of carbonyl (C=O) groups excluding carboxylic acids is 1. The lowest BCUT2D eigenvalue weighted by molar-refractivity contribution is -0.157. The van der Waals surface area contributed by atoms with Crippen LogP contribution in [0, 0.1) is 11.8 Å². The molecule has 0 radical (unpaired) electrons. The number of aliphatic hydroxyl groups is 1. The van der Waals surface area contributed by atoms with Crippen molar-refractivity contribution in [2.24, 2.45) is 0 Å². The van der Waals surface area contributed by atoms with Crippen LogP contribution in [0.25, 0.3) is 0 Å². The minimum atomic E-state index is -1.14. The van der Waals surface area contributed by atoms with Crippen molar-refractivity contribution in [1.29, 1.82) is 0 Å². The van der Waals surface area contributed by atoms with Gasteiger partial charge in [-0.2, -0.15) is 0 Å². The maximum atomic E-state index is 12.5. The van der Waals surface area contributed by atoms with Gasteiger partial charge in [-0.1, -0.05) is 75.3 Å². The molecule has 1 atom stereocenters. The van der Waals surface area contributed by atoms with E-state index in [1.807, 2.05) is 30.3 Å². The van der Waals surface area contributed by atoms with Gasteiger partial charge in [-0.05, 0) is 31.5 Å². The van der Waals surface area contributed by atoms with Crippen molar-refractivity contribution in [3.63, 3.8) is 0 Å². The van der Waals surface area contributed by atoms with Crippen LogP contribution in [-0.4, -0.2) is 48.3 Å². The number of nitrogens with zero attached hydrogens (tertiary/aromatic N) is 1. The predicted octanol–water partition coefficient (Wildman–Crippen LogP) is 3.14. The molecule has 1 aliphatic carbocycles. The molecule has 2 rings (SSSR count). The molecule has 1 saturated carbocycles. The Hall–Kier alpha value is -1.83. The molecule has 1 aromatic rings. The molecule has 1 fully saturated rings. The topological polar surface area (TPSA) is 49.8 Å². The van der Waals surface area contributed by atoms with Crippen molar-refractivity contribution >= 4 is 5.97 Å². The lowest BCUT2D eigenvalue weighted by Gasteiger charge is -2.40. The number of hydrogen-bond acceptors (Lipinski definition) is 4. The summed E-state index contributed by atoms with van der Waals surface area (Å²) in [7, 11) is 0. The summed E-state index contributed by atoms with van der Waals surface area (Å²) in [4.78, 5) is 14.7. The van der Waals surface area contributed by atoms with Crippen LogP contribution in [0.1, 0.15) is 51.5 Å². The molecule has 0 amide bonds. The van der Waals surface area contributed by atoms with Gasteiger partial charge >= 0.3 is 5.97 Å². The fraction of sp³-hybridized carbons (Fsp3) is 0.591. The Balaban J connectivity index is 1.99. The second-order valence-electron chi connectivity index (χ2n) is 6.91. The van der Waals surface area contributed by atoms with E-state index in [1.165, 1.54) is 0 Å². The fourth-order valence-electron chi connectivity index (χ4n) is 3.75. The van der Waals surface area contributed by atoms with Crippen molar-refractivity contribution in [2.45, 2.75) is 57.5 Å². The maximum Gasteiger partial charge on any atom is 0.336 e. The van der Waals surface area contributed by atoms with Crippen LogP contribution in [0.3, 0.4) is 0 Å². The van der Waals surface area contributed by atoms with Crippen LogP contribution >= 0.6 is 0 Å². The summed E-state index contributed by atoms with van der Waals surface area (Å²) in [5.74, 6) is 5.34. The maximum absolute atomic E-state index is 12.5. The lowest BCUT2D eigenvalue weighted by Crippen LogP contribution is -2.46. The van der Waals surface area contributed by atoms with Crippen LogP contribution in [0.15, 0.2) is 30.3 Å². The van der Waals surface area contributed by atoms with E-state index in [9.17, 15) is 9.90 Å². The first-order valence-corrected chi connectivity index (χ1v) is 9.72. The van der Waals surface area contributed by atoms with Crippen molar-refractivity contribution in [3.8, 4) is 11.8 Å². The molecule has 1 N–H and O–H groups in total. The zero-order chi connectivity index (χ0) is 18.8. The van der Waals surface area contributed by atoms with Gasteiger partial charge in [-0.25, -0.2) is 4.79 Å². The molecule has 142 valence electrons. The highest BCUT2D eigenvalue weighted by molar-refractivity contribution is 5.77. The summed E-state index contributed by atoms with van der Waals surface area (Å²) < 4.78 is 5.27. The molecule has 1 unspecified atom stereocenters. The van der Waals surface area contributed by atoms with Crippen LogP contribution < -0.4 is 0 Å². The normalized spacial score (nSPS) is 17.2. The molecule has 0 spiro atoms. The summed E-state index contributed by atoms with van der Waals surface area (Å²) in [6.07, 6.45) is 3.65. The minimum absolute atomic E-state index is 0.0298. The van der Waals surface area contributed by atoms with Gasteiger partial charge in [0.15, 0.2) is 12.7 Å². The molecule has 4 heteroatoms. The molecular formula is C22H31NO3. The third kappa shape index (κ3) is 5.09. The first-order chi connectivity index (χ1) is 12.6. The number of hydrogen-bond donors (Lipinski definition) is 1. The Bertz CT molecular complexity index is 607. The van der Waals surface area contributed by atoms with Crippen molar-refractivity contribution in [1.82, 2.24) is 4.90 Å². The van der Waals surface area contributed by atoms with Crippen LogP contribution in [0.4, 0.5) is 0 Å². The highest BCUT2D eigenvalue weighted by atomic mass is 16.5. The molecule has 0 heterocycles. The highest BCUT2D eigenvalue weighted by Gasteiger charge is 2.44. The summed E-state index contributed by atoms with van der Waals surface area (Å²) in [6, 6.07) is 9.89. The summed E-state index contributed by atoms with van der Waals surface area (Å²) in [5, 5.41) is 10.8. The van der Waals surface area contributed by atoms with Crippen LogP contribution in [0.2, 0.25) is 0 Å². The van der Waals surface area contributed by atoms with Crippen LogP contribution in [-0.2, 0) is 14.9 Å². The number of esters is 1. The van der Waals surface area contributed by atoms with Gasteiger partial charge < -0.3 is 9.84 Å². The lowest BCUT2D eigenvalue weighted by atomic mass is 9.66. The second-order valence-corrected chi connectivity index (χ2v) is 6.91. The summed E-state index contributed by atoms with van der Waals surface area (Å²) in [5.41, 5.74) is 0.488. The average molecular weight is 357 g/mol. The van der Waals surface area contributed by atoms with Gasteiger partial charge in [-0.15, -0.1) is 0 Å². The third-order valence-electron chi connectivity index (χ3n) is 5.45. The van der Waals surface area contributed by atoms with Gasteiger partial charge in [0.2, 0.25) is 0 Å². The second kappa shape index (κ2) is 10.4. The number of rotatable bonds is 7. The summed E-state index contributed by atoms with van der Waals surface area (Å²) >= 11 is 0. The first kappa shape index (κ1) is 20.5. The molecule has 1 aromatic carbocycles. The largest absolute Gasteiger partial charge is 0.451 e. The van der Waals surface area contributed by atoms with E-state index in [0.29, 0.717) is 6.54 Å². The van der Waals surface area contributed by atoms with Gasteiger partial charge in [0.1, 0.15) is 0 Å². The van der Waals surface area contributed by atoms with E-state index in [1.54, 1.807) is 0 Å². The van der Waals surface area contributed by atoms with E-state index in [4.69, 9.17) is 4.74 Å². The standard InChI is InChI=1S/C22H31NO3/c1-3-23(4-2)17-11-12-18-26-21(25)20(24)22(15-9-6-10-16-22)19-13-7-5-8-14-19/h5,7-8,13-14,20,24H,3-4,6,9-10,15-18H2,1-2H3. The molecule has 0 bridgehead atoms. The molecule has 26 heavy (non-hydrogen) atoms. The summed E-state index contributed by atoms with van der Waals surface area (Å²) in [6.45, 7) is 6.78. The average Bonchev–Trinajstić information content (AvgIpc) is 2.71. The van der Waals surface area contributed by atoms with Crippen LogP contribution in [0.5, 0.6) is 0 Å². The monoisotopic (exact) mass is 357 g/mol. The number of ether oxygens (including phenoxy) is 1. The third-order valence-corrected chi connectivity index (χ3v) is 5.45. The van der Waals surface area contributed by atoms with Crippen molar-refractivity contribution in [3.05, 3.63) is 35.9 Å². The SMILES string of the molecule is CCN(CC)CC#CCOC(=O)C(O)C1(c2ccccc2)CCCCC1. The van der Waals surface area contributed by atoms with E-state index in [-0.39, 0.29) is 6.61 Å². The highest BCUT2D eigenvalue weighted by Crippen LogP contribution is 2.42. The zero-order valence-electron chi connectivity index (χ0n) is 16.0. The molecule has 0 aliphatic heterocycles. The smallest absolute Gasteiger partial charge is 0.336 e. The van der Waals surface area contributed by atoms with E-state index in [2.05, 4.69) is 30.6 Å². The number of carbonyl (C=O) groups is 1. The zero-order valence-corrected chi connectivity index (χ0v) is 16.0. The number of benzene rings is 1. The predicted molar refractivity (Wildman–Crippen MR) is 104 cm³/mol. The van der Waals surface area contributed by atoms with E-state index < -0.39 is 17.5 Å². The Kier molecular flexibility index (Phi) is 8.15. The van der Waals surface area contributed by atoms with Gasteiger partial charge in [0.05, 0.1) is 6.54 Å². The molecule has 0 saturated heterocycles. The Labute approximate surface area is 157 Å². The number of aliphatic hydroxyl groups excluding tert-OH is 1. The van der Waals surface area contributed by atoms with E-state index >= 15 is 0 Å². The van der Waals surface area contributed by atoms with Gasteiger partial charge in [0.25, 0.3) is 0 Å². The quantitative estimate of drug-likeness (QED) is 0.602. The first-order valence-electron chi connectivity index (χ1n) is 9.72. The van der Waals surface area contributed by atoms with Crippen molar-refractivity contribution < 1.29 is 14.6 Å². The van der Waals surface area contributed by atoms with Crippen molar-refractivity contribution in [2.75, 3.05) is 26.2 Å². The minimum Gasteiger partial charge on any atom is -0.451 e. The Morgan fingerprint density at radius 2 is 1.81 bits per heavy atom. The Morgan fingerprint density at radius 1 is 1.15 bits per heavy atom. The fourth-order valence-corrected chi connectivity index (χ4v) is 3.75. The molecule has 0 aromatic heterocycles. The molecular weight excluding hydrogens is 326 g/mol. The van der Waals surface area contributed by atoms with Gasteiger partial charge in [-0.3, -0.25) is 4.90 Å². The van der Waals surface area contributed by atoms with E-state index in [0.717, 1.165) is 50.8 Å². The Morgan fingerprint density at radius 3 is 2.42 bits per heavy atom.